The maximum absolute atomic E-state index is 12.3. The maximum atomic E-state index is 12.3. The van der Waals surface area contributed by atoms with Crippen LogP contribution in [-0.2, 0) is 0 Å². The number of carbonyl (C=O) groups is 1. The van der Waals surface area contributed by atoms with Crippen LogP contribution in [-0.4, -0.2) is 22.9 Å². The Morgan fingerprint density at radius 3 is 2.45 bits per heavy atom. The molecule has 1 amide bonds. The normalized spacial score (nSPS) is 11.2. The van der Waals surface area contributed by atoms with E-state index >= 15 is 0 Å². The van der Waals surface area contributed by atoms with Gasteiger partial charge in [-0.3, -0.25) is 14.9 Å². The standard InChI is InChI=1S/C14H21N3O3/c1-4-14(5-2,9-15)16-13(18)11-7-6-8-12(10(11)3)17(19)20/h6-8H,4-5,9,15H2,1-3H3,(H,16,18). The summed E-state index contributed by atoms with van der Waals surface area (Å²) in [7, 11) is 0. The van der Waals surface area contributed by atoms with Crippen LogP contribution in [0.25, 0.3) is 0 Å². The topological polar surface area (TPSA) is 98.3 Å². The van der Waals surface area contributed by atoms with E-state index in [1.54, 1.807) is 13.0 Å². The molecule has 1 aromatic rings. The van der Waals surface area contributed by atoms with Crippen molar-refractivity contribution in [2.75, 3.05) is 6.54 Å². The Bertz CT molecular complexity index is 502. The average Bonchev–Trinajstić information content (AvgIpc) is 2.44. The first kappa shape index (κ1) is 16.1. The molecule has 1 aromatic carbocycles. The lowest BCUT2D eigenvalue weighted by Crippen LogP contribution is -2.53. The van der Waals surface area contributed by atoms with E-state index in [1.165, 1.54) is 12.1 Å². The molecule has 0 radical (unpaired) electrons. The van der Waals surface area contributed by atoms with Gasteiger partial charge >= 0.3 is 0 Å². The second kappa shape index (κ2) is 6.47. The molecule has 0 aliphatic carbocycles. The van der Waals surface area contributed by atoms with Crippen molar-refractivity contribution in [3.05, 3.63) is 39.4 Å². The number of hydrogen-bond donors (Lipinski definition) is 2. The number of nitro groups is 1. The Balaban J connectivity index is 3.10. The largest absolute Gasteiger partial charge is 0.345 e. The lowest BCUT2D eigenvalue weighted by Gasteiger charge is -2.31. The van der Waals surface area contributed by atoms with Gasteiger partial charge in [-0.1, -0.05) is 19.9 Å². The minimum absolute atomic E-state index is 0.0519. The third-order valence-electron chi connectivity index (χ3n) is 3.87. The third kappa shape index (κ3) is 3.14. The molecule has 6 nitrogen and oxygen atoms in total. The predicted molar refractivity (Wildman–Crippen MR) is 77.7 cm³/mol. The molecule has 0 heterocycles. The fraction of sp³-hybridized carbons (Fsp3) is 0.500. The summed E-state index contributed by atoms with van der Waals surface area (Å²) in [4.78, 5) is 22.8. The SMILES string of the molecule is CCC(CC)(CN)NC(=O)c1cccc([N+](=O)[O-])c1C. The molecule has 0 saturated heterocycles. The molecule has 1 rings (SSSR count). The lowest BCUT2D eigenvalue weighted by atomic mass is 9.92. The first-order chi connectivity index (χ1) is 9.40. The number of hydrogen-bond acceptors (Lipinski definition) is 4. The van der Waals surface area contributed by atoms with Crippen molar-refractivity contribution in [1.29, 1.82) is 0 Å². The van der Waals surface area contributed by atoms with Crippen LogP contribution in [0.5, 0.6) is 0 Å². The summed E-state index contributed by atoms with van der Waals surface area (Å²) >= 11 is 0. The first-order valence-corrected chi connectivity index (χ1v) is 6.67. The Morgan fingerprint density at radius 2 is 2.00 bits per heavy atom. The summed E-state index contributed by atoms with van der Waals surface area (Å²) in [5, 5.41) is 13.8. The van der Waals surface area contributed by atoms with E-state index < -0.39 is 10.5 Å². The quantitative estimate of drug-likeness (QED) is 0.615. The van der Waals surface area contributed by atoms with Gasteiger partial charge in [-0.2, -0.15) is 0 Å². The minimum atomic E-state index is -0.484. The van der Waals surface area contributed by atoms with E-state index in [0.717, 1.165) is 0 Å². The van der Waals surface area contributed by atoms with E-state index in [2.05, 4.69) is 5.32 Å². The summed E-state index contributed by atoms with van der Waals surface area (Å²) in [5.74, 6) is -0.319. The Hall–Kier alpha value is -1.95. The minimum Gasteiger partial charge on any atom is -0.345 e. The van der Waals surface area contributed by atoms with Crippen LogP contribution in [0.1, 0.15) is 42.6 Å². The number of nitrogens with two attached hydrogens (primary N) is 1. The van der Waals surface area contributed by atoms with Gasteiger partial charge in [0.2, 0.25) is 0 Å². The van der Waals surface area contributed by atoms with Crippen LogP contribution < -0.4 is 11.1 Å². The molecule has 0 aliphatic heterocycles. The van der Waals surface area contributed by atoms with Crippen LogP contribution >= 0.6 is 0 Å². The molecule has 20 heavy (non-hydrogen) atoms. The smallest absolute Gasteiger partial charge is 0.273 e. The van der Waals surface area contributed by atoms with Crippen LogP contribution in [0.2, 0.25) is 0 Å². The number of amides is 1. The zero-order chi connectivity index (χ0) is 15.3. The summed E-state index contributed by atoms with van der Waals surface area (Å²) in [6, 6.07) is 4.49. The summed E-state index contributed by atoms with van der Waals surface area (Å²) < 4.78 is 0. The predicted octanol–water partition coefficient (Wildman–Crippen LogP) is 2.15. The van der Waals surface area contributed by atoms with Gasteiger partial charge in [-0.15, -0.1) is 0 Å². The van der Waals surface area contributed by atoms with Crippen LogP contribution in [0.4, 0.5) is 5.69 Å². The number of benzene rings is 1. The van der Waals surface area contributed by atoms with E-state index in [9.17, 15) is 14.9 Å². The molecule has 0 aliphatic rings. The van der Waals surface area contributed by atoms with Crippen molar-refractivity contribution < 1.29 is 9.72 Å². The molecule has 0 aromatic heterocycles. The number of carbonyl (C=O) groups excluding carboxylic acids is 1. The molecular weight excluding hydrogens is 258 g/mol. The van der Waals surface area contributed by atoms with E-state index in [1.807, 2.05) is 13.8 Å². The van der Waals surface area contributed by atoms with Gasteiger partial charge in [0.25, 0.3) is 11.6 Å². The number of nitrogens with one attached hydrogen (secondary N) is 1. The van der Waals surface area contributed by atoms with Gasteiger partial charge in [0, 0.05) is 23.7 Å². The van der Waals surface area contributed by atoms with Crippen molar-refractivity contribution in [3.8, 4) is 0 Å². The van der Waals surface area contributed by atoms with Crippen LogP contribution in [0.15, 0.2) is 18.2 Å². The molecule has 0 bridgehead atoms. The monoisotopic (exact) mass is 279 g/mol. The summed E-state index contributed by atoms with van der Waals surface area (Å²) in [6.45, 7) is 5.82. The van der Waals surface area contributed by atoms with Crippen molar-refractivity contribution in [2.45, 2.75) is 39.2 Å². The highest BCUT2D eigenvalue weighted by Crippen LogP contribution is 2.22. The Morgan fingerprint density at radius 1 is 1.40 bits per heavy atom. The second-order valence-electron chi connectivity index (χ2n) is 4.85. The number of nitro benzene ring substituents is 1. The summed E-state index contributed by atoms with van der Waals surface area (Å²) in [6.07, 6.45) is 1.42. The van der Waals surface area contributed by atoms with Crippen molar-refractivity contribution in [3.63, 3.8) is 0 Å². The fourth-order valence-corrected chi connectivity index (χ4v) is 2.14. The lowest BCUT2D eigenvalue weighted by molar-refractivity contribution is -0.385. The summed E-state index contributed by atoms with van der Waals surface area (Å²) in [5.41, 5.74) is 5.92. The second-order valence-corrected chi connectivity index (χ2v) is 4.85. The number of nitrogens with zero attached hydrogens (tertiary/aromatic N) is 1. The highest BCUT2D eigenvalue weighted by atomic mass is 16.6. The molecule has 3 N–H and O–H groups in total. The Kier molecular flexibility index (Phi) is 5.21. The van der Waals surface area contributed by atoms with Gasteiger partial charge < -0.3 is 11.1 Å². The van der Waals surface area contributed by atoms with Crippen molar-refractivity contribution in [1.82, 2.24) is 5.32 Å². The fourth-order valence-electron chi connectivity index (χ4n) is 2.14. The van der Waals surface area contributed by atoms with E-state index in [-0.39, 0.29) is 11.6 Å². The zero-order valence-corrected chi connectivity index (χ0v) is 12.1. The molecular formula is C14H21N3O3. The van der Waals surface area contributed by atoms with Gasteiger partial charge in [0.15, 0.2) is 0 Å². The molecule has 0 unspecified atom stereocenters. The molecule has 0 atom stereocenters. The molecule has 0 fully saturated rings. The Labute approximate surface area is 118 Å². The van der Waals surface area contributed by atoms with Crippen LogP contribution in [0.3, 0.4) is 0 Å². The third-order valence-corrected chi connectivity index (χ3v) is 3.87. The van der Waals surface area contributed by atoms with E-state index in [4.69, 9.17) is 5.73 Å². The molecule has 6 heteroatoms. The van der Waals surface area contributed by atoms with Crippen LogP contribution in [0, 0.1) is 17.0 Å². The highest BCUT2D eigenvalue weighted by molar-refractivity contribution is 5.97. The zero-order valence-electron chi connectivity index (χ0n) is 12.1. The van der Waals surface area contributed by atoms with Gasteiger partial charge in [0.1, 0.15) is 0 Å². The van der Waals surface area contributed by atoms with E-state index in [0.29, 0.717) is 30.5 Å². The van der Waals surface area contributed by atoms with Crippen molar-refractivity contribution >= 4 is 11.6 Å². The van der Waals surface area contributed by atoms with Crippen molar-refractivity contribution in [2.24, 2.45) is 5.73 Å². The first-order valence-electron chi connectivity index (χ1n) is 6.67. The molecule has 110 valence electrons. The van der Waals surface area contributed by atoms with Gasteiger partial charge in [-0.25, -0.2) is 0 Å². The maximum Gasteiger partial charge on any atom is 0.273 e. The molecule has 0 saturated carbocycles. The number of rotatable bonds is 6. The molecule has 0 spiro atoms. The highest BCUT2D eigenvalue weighted by Gasteiger charge is 2.28. The average molecular weight is 279 g/mol. The van der Waals surface area contributed by atoms with Gasteiger partial charge in [0.05, 0.1) is 10.5 Å². The van der Waals surface area contributed by atoms with Gasteiger partial charge in [-0.05, 0) is 25.8 Å².